The molecular weight excluding hydrogens is 292 g/mol. The van der Waals surface area contributed by atoms with Crippen LogP contribution in [-0.4, -0.2) is 30.6 Å². The van der Waals surface area contributed by atoms with Crippen molar-refractivity contribution in [2.45, 2.75) is 72.5 Å². The molecule has 0 rings (SSSR count). The lowest BCUT2D eigenvalue weighted by molar-refractivity contribution is -0.141. The highest BCUT2D eigenvalue weighted by Crippen LogP contribution is 2.19. The van der Waals surface area contributed by atoms with Crippen molar-refractivity contribution in [2.75, 3.05) is 7.11 Å². The van der Waals surface area contributed by atoms with Gasteiger partial charge in [-0.25, -0.2) is 4.79 Å². The van der Waals surface area contributed by atoms with E-state index in [9.17, 15) is 9.59 Å². The van der Waals surface area contributed by atoms with Crippen molar-refractivity contribution in [2.24, 2.45) is 5.92 Å². The number of rotatable bonds is 10. The summed E-state index contributed by atoms with van der Waals surface area (Å²) in [6, 6.07) is 0. The third kappa shape index (κ3) is 10.9. The number of esters is 1. The van der Waals surface area contributed by atoms with Gasteiger partial charge in [-0.1, -0.05) is 13.0 Å². The highest BCUT2D eigenvalue weighted by molar-refractivity contribution is 5.92. The lowest BCUT2D eigenvalue weighted by Crippen LogP contribution is -2.22. The Morgan fingerprint density at radius 1 is 1.13 bits per heavy atom. The summed E-state index contributed by atoms with van der Waals surface area (Å²) in [6.07, 6.45) is 7.15. The van der Waals surface area contributed by atoms with Gasteiger partial charge in [0.25, 0.3) is 0 Å². The minimum Gasteiger partial charge on any atom is -0.460 e. The summed E-state index contributed by atoms with van der Waals surface area (Å²) < 4.78 is 10.4. The van der Waals surface area contributed by atoms with E-state index >= 15 is 0 Å². The summed E-state index contributed by atoms with van der Waals surface area (Å²) in [4.78, 5) is 23.6. The van der Waals surface area contributed by atoms with Crippen molar-refractivity contribution in [3.63, 3.8) is 0 Å². The number of hydrogen-bond donors (Lipinski definition) is 0. The minimum atomic E-state index is -0.385. The zero-order valence-electron chi connectivity index (χ0n) is 15.6. The van der Waals surface area contributed by atoms with Crippen molar-refractivity contribution in [3.05, 3.63) is 23.8 Å². The number of carbonyl (C=O) groups is 2. The first-order chi connectivity index (χ1) is 10.6. The quantitative estimate of drug-likeness (QED) is 0.342. The summed E-state index contributed by atoms with van der Waals surface area (Å²) in [6.45, 7) is 11.4. The van der Waals surface area contributed by atoms with Gasteiger partial charge in [0.15, 0.2) is 5.78 Å². The fourth-order valence-electron chi connectivity index (χ4n) is 1.96. The predicted molar refractivity (Wildman–Crippen MR) is 93.2 cm³/mol. The molecular formula is C19H32O4. The van der Waals surface area contributed by atoms with Crippen molar-refractivity contribution in [1.82, 2.24) is 0 Å². The summed E-state index contributed by atoms with van der Waals surface area (Å²) in [5, 5.41) is 0. The molecule has 0 N–H and O–H groups in total. The van der Waals surface area contributed by atoms with Gasteiger partial charge < -0.3 is 9.47 Å². The molecule has 0 amide bonds. The van der Waals surface area contributed by atoms with Crippen LogP contribution in [0.4, 0.5) is 0 Å². The highest BCUT2D eigenvalue weighted by Gasteiger charge is 2.17. The fraction of sp³-hybridized carbons (Fsp3) is 0.684. The number of ether oxygens (including phenoxy) is 2. The Bertz CT molecular complexity index is 444. The Labute approximate surface area is 140 Å². The van der Waals surface area contributed by atoms with Gasteiger partial charge in [-0.05, 0) is 65.5 Å². The Morgan fingerprint density at radius 3 is 2.26 bits per heavy atom. The molecule has 0 aromatic carbocycles. The summed E-state index contributed by atoms with van der Waals surface area (Å²) in [5.74, 6) is -0.344. The average molecular weight is 324 g/mol. The van der Waals surface area contributed by atoms with Gasteiger partial charge in [-0.15, -0.1) is 0 Å². The maximum absolute atomic E-state index is 12.1. The average Bonchev–Trinajstić information content (AvgIpc) is 2.43. The molecule has 0 aliphatic carbocycles. The maximum Gasteiger partial charge on any atom is 0.331 e. The molecule has 0 spiro atoms. The van der Waals surface area contributed by atoms with Crippen LogP contribution in [0.1, 0.15) is 60.8 Å². The molecule has 0 aliphatic rings. The smallest absolute Gasteiger partial charge is 0.331 e. The van der Waals surface area contributed by atoms with Crippen LogP contribution in [0.15, 0.2) is 23.8 Å². The van der Waals surface area contributed by atoms with Gasteiger partial charge in [0.05, 0.1) is 11.7 Å². The lowest BCUT2D eigenvalue weighted by atomic mass is 9.94. The molecule has 0 radical (unpaired) electrons. The number of hydrogen-bond acceptors (Lipinski definition) is 4. The summed E-state index contributed by atoms with van der Waals surface area (Å²) in [5.41, 5.74) is 0.561. The molecule has 0 saturated heterocycles. The van der Waals surface area contributed by atoms with Crippen LogP contribution in [0.2, 0.25) is 0 Å². The van der Waals surface area contributed by atoms with Crippen LogP contribution in [-0.2, 0) is 19.1 Å². The molecule has 0 heterocycles. The molecule has 0 aromatic heterocycles. The van der Waals surface area contributed by atoms with E-state index in [1.54, 1.807) is 40.0 Å². The van der Waals surface area contributed by atoms with E-state index in [4.69, 9.17) is 9.47 Å². The molecule has 0 bridgehead atoms. The normalized spacial score (nSPS) is 14.3. The maximum atomic E-state index is 12.1. The Hall–Kier alpha value is -1.42. The van der Waals surface area contributed by atoms with Crippen LogP contribution in [0, 0.1) is 5.92 Å². The van der Waals surface area contributed by atoms with Gasteiger partial charge in [-0.2, -0.15) is 0 Å². The van der Waals surface area contributed by atoms with E-state index in [0.717, 1.165) is 19.3 Å². The minimum absolute atomic E-state index is 0.0330. The second-order valence-corrected chi connectivity index (χ2v) is 6.87. The molecule has 0 aliphatic heterocycles. The number of allylic oxidation sites excluding steroid dienone is 3. The van der Waals surface area contributed by atoms with Gasteiger partial charge in [0.1, 0.15) is 0 Å². The van der Waals surface area contributed by atoms with Crippen LogP contribution in [0.3, 0.4) is 0 Å². The number of ketones is 1. The SMILES string of the molecule is COC(C)(C)CCCC(C)C(=O)C=CC(C)=CC(=O)OC(C)C. The molecule has 1 unspecified atom stereocenters. The van der Waals surface area contributed by atoms with Crippen LogP contribution < -0.4 is 0 Å². The molecule has 4 heteroatoms. The highest BCUT2D eigenvalue weighted by atomic mass is 16.5. The van der Waals surface area contributed by atoms with E-state index in [-0.39, 0.29) is 29.4 Å². The van der Waals surface area contributed by atoms with E-state index in [1.807, 2.05) is 20.8 Å². The van der Waals surface area contributed by atoms with E-state index in [2.05, 4.69) is 0 Å². The lowest BCUT2D eigenvalue weighted by Gasteiger charge is -2.23. The molecule has 23 heavy (non-hydrogen) atoms. The van der Waals surface area contributed by atoms with Crippen molar-refractivity contribution in [3.8, 4) is 0 Å². The zero-order valence-corrected chi connectivity index (χ0v) is 15.6. The molecule has 0 saturated carbocycles. The van der Waals surface area contributed by atoms with Crippen molar-refractivity contribution < 1.29 is 19.1 Å². The monoisotopic (exact) mass is 324 g/mol. The van der Waals surface area contributed by atoms with Crippen molar-refractivity contribution >= 4 is 11.8 Å². The molecule has 0 fully saturated rings. The fourth-order valence-corrected chi connectivity index (χ4v) is 1.96. The first-order valence-corrected chi connectivity index (χ1v) is 8.23. The Morgan fingerprint density at radius 2 is 1.74 bits per heavy atom. The van der Waals surface area contributed by atoms with E-state index in [1.165, 1.54) is 6.08 Å². The molecule has 4 nitrogen and oxygen atoms in total. The van der Waals surface area contributed by atoms with E-state index < -0.39 is 0 Å². The van der Waals surface area contributed by atoms with Gasteiger partial charge >= 0.3 is 5.97 Å². The molecule has 132 valence electrons. The Kier molecular flexibility index (Phi) is 9.73. The second kappa shape index (κ2) is 10.4. The molecule has 1 atom stereocenters. The van der Waals surface area contributed by atoms with E-state index in [0.29, 0.717) is 5.57 Å². The second-order valence-electron chi connectivity index (χ2n) is 6.87. The van der Waals surface area contributed by atoms with Gasteiger partial charge in [0.2, 0.25) is 0 Å². The first-order valence-electron chi connectivity index (χ1n) is 8.23. The van der Waals surface area contributed by atoms with Crippen LogP contribution >= 0.6 is 0 Å². The number of carbonyl (C=O) groups excluding carboxylic acids is 2. The Balaban J connectivity index is 4.35. The third-order valence-electron chi connectivity index (χ3n) is 3.66. The van der Waals surface area contributed by atoms with Gasteiger partial charge in [0, 0.05) is 19.1 Å². The number of methoxy groups -OCH3 is 1. The predicted octanol–water partition coefficient (Wildman–Crippen LogP) is 4.24. The molecule has 0 aromatic rings. The topological polar surface area (TPSA) is 52.6 Å². The zero-order chi connectivity index (χ0) is 18.0. The standard InChI is InChI=1S/C19H32O4/c1-14(2)23-18(21)13-15(3)10-11-17(20)16(4)9-8-12-19(5,6)22-7/h10-11,13-14,16H,8-9,12H2,1-7H3. The van der Waals surface area contributed by atoms with Crippen LogP contribution in [0.5, 0.6) is 0 Å². The van der Waals surface area contributed by atoms with Gasteiger partial charge in [-0.3, -0.25) is 4.79 Å². The first kappa shape index (κ1) is 21.6. The third-order valence-corrected chi connectivity index (χ3v) is 3.66. The summed E-state index contributed by atoms with van der Waals surface area (Å²) in [7, 11) is 1.71. The summed E-state index contributed by atoms with van der Waals surface area (Å²) >= 11 is 0. The largest absolute Gasteiger partial charge is 0.460 e. The van der Waals surface area contributed by atoms with Crippen molar-refractivity contribution in [1.29, 1.82) is 0 Å². The van der Waals surface area contributed by atoms with Crippen LogP contribution in [0.25, 0.3) is 0 Å².